The third kappa shape index (κ3) is 5.33. The molecular formula is C26H33ClN2. The Bertz CT molecular complexity index is 852. The minimum absolute atomic E-state index is 0.146. The lowest BCUT2D eigenvalue weighted by Gasteiger charge is -2.25. The molecule has 2 nitrogen and oxygen atoms in total. The van der Waals surface area contributed by atoms with E-state index in [2.05, 4.69) is 86.3 Å². The van der Waals surface area contributed by atoms with Crippen LogP contribution in [0.1, 0.15) is 44.6 Å². The Balaban J connectivity index is 2.41. The number of rotatable bonds is 11. The van der Waals surface area contributed by atoms with Gasteiger partial charge in [0.05, 0.1) is 5.02 Å². The fraction of sp³-hybridized carbons (Fsp3) is 0.308. The zero-order chi connectivity index (χ0) is 21.4. The second-order valence-corrected chi connectivity index (χ2v) is 7.49. The first-order valence-electron chi connectivity index (χ1n) is 10.3. The van der Waals surface area contributed by atoms with Crippen LogP contribution < -0.4 is 10.2 Å². The molecule has 154 valence electrons. The van der Waals surface area contributed by atoms with Gasteiger partial charge in [0.25, 0.3) is 0 Å². The topological polar surface area (TPSA) is 15.3 Å². The molecule has 0 bridgehead atoms. The molecule has 0 aliphatic heterocycles. The molecule has 0 aliphatic rings. The van der Waals surface area contributed by atoms with Crippen molar-refractivity contribution in [3.05, 3.63) is 90.3 Å². The van der Waals surface area contributed by atoms with E-state index >= 15 is 0 Å². The summed E-state index contributed by atoms with van der Waals surface area (Å²) in [5.74, 6) is 0.146. The molecule has 1 unspecified atom stereocenters. The second kappa shape index (κ2) is 10.9. The molecule has 2 aromatic rings. The predicted octanol–water partition coefficient (Wildman–Crippen LogP) is 7.54. The number of hydrogen-bond acceptors (Lipinski definition) is 2. The molecule has 0 spiro atoms. The number of hydrogen-bond donors (Lipinski definition) is 1. The average molecular weight is 409 g/mol. The van der Waals surface area contributed by atoms with Crippen molar-refractivity contribution < 1.29 is 0 Å². The van der Waals surface area contributed by atoms with Crippen molar-refractivity contribution in [2.45, 2.75) is 39.0 Å². The molecule has 0 aromatic heterocycles. The first-order chi connectivity index (χ1) is 14.0. The van der Waals surface area contributed by atoms with Crippen LogP contribution in [0.2, 0.25) is 5.02 Å². The van der Waals surface area contributed by atoms with Crippen LogP contribution in [-0.2, 0) is 0 Å². The number of likely N-dealkylation sites (N-methyl/N-ethyl adjacent to an activating group) is 1. The Kier molecular flexibility index (Phi) is 8.60. The normalized spacial score (nSPS) is 11.6. The van der Waals surface area contributed by atoms with E-state index < -0.39 is 0 Å². The Morgan fingerprint density at radius 3 is 2.38 bits per heavy atom. The van der Waals surface area contributed by atoms with Crippen molar-refractivity contribution >= 4 is 17.3 Å². The summed E-state index contributed by atoms with van der Waals surface area (Å²) in [5.41, 5.74) is 6.50. The molecule has 0 amide bonds. The summed E-state index contributed by atoms with van der Waals surface area (Å²) in [6.45, 7) is 17.4. The van der Waals surface area contributed by atoms with Gasteiger partial charge < -0.3 is 10.2 Å². The first kappa shape index (κ1) is 22.8. The highest BCUT2D eigenvalue weighted by Gasteiger charge is 2.19. The quantitative estimate of drug-likeness (QED) is 0.386. The van der Waals surface area contributed by atoms with Crippen molar-refractivity contribution in [3.8, 4) is 11.1 Å². The molecule has 0 saturated carbocycles. The highest BCUT2D eigenvalue weighted by atomic mass is 35.5. The number of anilines is 1. The molecule has 1 N–H and O–H groups in total. The van der Waals surface area contributed by atoms with E-state index in [-0.39, 0.29) is 5.92 Å². The summed E-state index contributed by atoms with van der Waals surface area (Å²) < 4.78 is 0. The highest BCUT2D eigenvalue weighted by molar-refractivity contribution is 6.34. The molecule has 2 aromatic carbocycles. The highest BCUT2D eigenvalue weighted by Crippen LogP contribution is 2.38. The van der Waals surface area contributed by atoms with Crippen LogP contribution in [0.4, 0.5) is 5.69 Å². The minimum Gasteiger partial charge on any atom is -0.391 e. The van der Waals surface area contributed by atoms with Gasteiger partial charge in [-0.15, -0.1) is 6.58 Å². The van der Waals surface area contributed by atoms with Gasteiger partial charge in [-0.3, -0.25) is 0 Å². The number of nitrogens with zero attached hydrogens (tertiary/aromatic N) is 1. The molecule has 0 fully saturated rings. The fourth-order valence-corrected chi connectivity index (χ4v) is 3.99. The van der Waals surface area contributed by atoms with Crippen molar-refractivity contribution in [3.63, 3.8) is 0 Å². The van der Waals surface area contributed by atoms with Crippen LogP contribution in [0.25, 0.3) is 11.1 Å². The van der Waals surface area contributed by atoms with E-state index in [0.717, 1.165) is 64.6 Å². The van der Waals surface area contributed by atoms with E-state index in [9.17, 15) is 0 Å². The Morgan fingerprint density at radius 2 is 1.83 bits per heavy atom. The van der Waals surface area contributed by atoms with Crippen molar-refractivity contribution in [2.24, 2.45) is 0 Å². The van der Waals surface area contributed by atoms with Crippen molar-refractivity contribution in [2.75, 3.05) is 18.5 Å². The van der Waals surface area contributed by atoms with E-state index in [1.54, 1.807) is 0 Å². The van der Waals surface area contributed by atoms with Crippen LogP contribution in [0.3, 0.4) is 0 Å². The Morgan fingerprint density at radius 1 is 1.14 bits per heavy atom. The van der Waals surface area contributed by atoms with E-state index in [1.165, 1.54) is 0 Å². The molecular weight excluding hydrogens is 376 g/mol. The molecule has 0 radical (unpaired) electrons. The van der Waals surface area contributed by atoms with Crippen molar-refractivity contribution in [1.29, 1.82) is 0 Å². The zero-order valence-corrected chi connectivity index (χ0v) is 18.7. The molecule has 0 heterocycles. The van der Waals surface area contributed by atoms with Crippen LogP contribution in [-0.4, -0.2) is 13.6 Å². The lowest BCUT2D eigenvalue weighted by atomic mass is 9.89. The van der Waals surface area contributed by atoms with Gasteiger partial charge in [0.15, 0.2) is 0 Å². The number of halogens is 1. The maximum absolute atomic E-state index is 6.90. The van der Waals surface area contributed by atoms with Gasteiger partial charge in [-0.2, -0.15) is 0 Å². The Hall–Kier alpha value is -2.45. The number of nitrogens with one attached hydrogen (secondary N) is 1. The summed E-state index contributed by atoms with van der Waals surface area (Å²) >= 11 is 6.90. The van der Waals surface area contributed by atoms with E-state index in [4.69, 9.17) is 11.6 Å². The van der Waals surface area contributed by atoms with Crippen molar-refractivity contribution in [1.82, 2.24) is 5.32 Å². The largest absolute Gasteiger partial charge is 0.391 e. The molecule has 0 aliphatic carbocycles. The van der Waals surface area contributed by atoms with Gasteiger partial charge in [0.2, 0.25) is 0 Å². The van der Waals surface area contributed by atoms with Crippen LogP contribution in [0.15, 0.2) is 79.7 Å². The predicted molar refractivity (Wildman–Crippen MR) is 130 cm³/mol. The first-order valence-corrected chi connectivity index (χ1v) is 10.7. The third-order valence-corrected chi connectivity index (χ3v) is 5.82. The average Bonchev–Trinajstić information content (AvgIpc) is 2.75. The monoisotopic (exact) mass is 408 g/mol. The standard InChI is InChI=1S/C26H33ClN2/c1-7-10-12-23(20(5)28-6)25-14-11-13-24(26(25)27)21-15-17-22(18-16-21)29(9-3)19(4)8-2/h7,11,13-18,23,28H,1,4-5,8-10,12H2,2-3,6H3. The lowest BCUT2D eigenvalue weighted by molar-refractivity contribution is 0.674. The van der Waals surface area contributed by atoms with Gasteiger partial charge >= 0.3 is 0 Å². The van der Waals surface area contributed by atoms with Gasteiger partial charge in [0, 0.05) is 42.2 Å². The molecule has 2 rings (SSSR count). The SMILES string of the molecule is C=CCCC(C(=C)NC)c1cccc(-c2ccc(N(CC)C(=C)CC)cc2)c1Cl. The maximum Gasteiger partial charge on any atom is 0.0523 e. The smallest absolute Gasteiger partial charge is 0.0523 e. The molecule has 29 heavy (non-hydrogen) atoms. The zero-order valence-electron chi connectivity index (χ0n) is 18.0. The van der Waals surface area contributed by atoms with E-state index in [0.29, 0.717) is 0 Å². The molecule has 3 heteroatoms. The molecule has 0 saturated heterocycles. The summed E-state index contributed by atoms with van der Waals surface area (Å²) in [7, 11) is 1.91. The van der Waals surface area contributed by atoms with Gasteiger partial charge in [-0.05, 0) is 49.4 Å². The summed E-state index contributed by atoms with van der Waals surface area (Å²) in [4.78, 5) is 2.24. The third-order valence-electron chi connectivity index (χ3n) is 5.40. The van der Waals surface area contributed by atoms with E-state index in [1.807, 2.05) is 13.1 Å². The van der Waals surface area contributed by atoms with Crippen LogP contribution >= 0.6 is 11.6 Å². The minimum atomic E-state index is 0.146. The maximum atomic E-state index is 6.90. The lowest BCUT2D eigenvalue weighted by Crippen LogP contribution is -2.20. The van der Waals surface area contributed by atoms with Crippen LogP contribution in [0.5, 0.6) is 0 Å². The van der Waals surface area contributed by atoms with Gasteiger partial charge in [0.1, 0.15) is 0 Å². The summed E-state index contributed by atoms with van der Waals surface area (Å²) in [6, 6.07) is 14.8. The summed E-state index contributed by atoms with van der Waals surface area (Å²) in [6.07, 6.45) is 4.71. The molecule has 1 atom stereocenters. The second-order valence-electron chi connectivity index (χ2n) is 7.11. The number of allylic oxidation sites excluding steroid dienone is 3. The number of benzene rings is 2. The fourth-order valence-electron chi connectivity index (χ4n) is 3.62. The van der Waals surface area contributed by atoms with Gasteiger partial charge in [-0.25, -0.2) is 0 Å². The summed E-state index contributed by atoms with van der Waals surface area (Å²) in [5, 5.41) is 3.99. The van der Waals surface area contributed by atoms with Crippen LogP contribution in [0, 0.1) is 0 Å². The Labute approximate surface area is 181 Å². The van der Waals surface area contributed by atoms with Gasteiger partial charge in [-0.1, -0.05) is 68.1 Å².